The van der Waals surface area contributed by atoms with E-state index in [1.807, 2.05) is 0 Å². The fraction of sp³-hybridized carbons (Fsp3) is 0.889. The van der Waals surface area contributed by atoms with Gasteiger partial charge in [-0.15, -0.1) is 0 Å². The molecule has 0 aliphatic heterocycles. The molecule has 0 fully saturated rings. The largest absolute Gasteiger partial charge is 0.468 e. The Hall–Kier alpha value is -0.0900. The zero-order chi connectivity index (χ0) is 10.3. The molecule has 0 saturated carbocycles. The quantitative estimate of drug-likeness (QED) is 0.576. The van der Waals surface area contributed by atoms with Crippen molar-refractivity contribution >= 4 is 21.9 Å². The third kappa shape index (κ3) is 6.05. The molecule has 0 aliphatic carbocycles. The van der Waals surface area contributed by atoms with Gasteiger partial charge in [-0.3, -0.25) is 4.79 Å². The molecule has 0 bridgehead atoms. The van der Waals surface area contributed by atoms with E-state index in [0.717, 1.165) is 13.0 Å². The van der Waals surface area contributed by atoms with Gasteiger partial charge in [-0.1, -0.05) is 36.2 Å². The first-order valence-electron chi connectivity index (χ1n) is 4.54. The second-order valence-corrected chi connectivity index (χ2v) is 4.27. The lowest BCUT2D eigenvalue weighted by atomic mass is 10.1. The summed E-state index contributed by atoms with van der Waals surface area (Å²) in [6.07, 6.45) is 1.15. The molecule has 78 valence electrons. The number of ether oxygens (including phenoxy) is 1. The number of hydrogen-bond donors (Lipinski definition) is 1. The number of nitrogens with one attached hydrogen (secondary N) is 1. The predicted octanol–water partition coefficient (Wildman–Crippen LogP) is 1.56. The van der Waals surface area contributed by atoms with Gasteiger partial charge in [0.05, 0.1) is 7.11 Å². The van der Waals surface area contributed by atoms with Gasteiger partial charge in [0.25, 0.3) is 0 Å². The fourth-order valence-corrected chi connectivity index (χ4v) is 1.23. The Bertz CT molecular complexity index is 153. The number of methoxy groups -OCH3 is 1. The molecule has 0 heterocycles. The summed E-state index contributed by atoms with van der Waals surface area (Å²) in [5.74, 6) is 0.425. The van der Waals surface area contributed by atoms with Crippen molar-refractivity contribution in [3.63, 3.8) is 0 Å². The number of rotatable bonds is 6. The zero-order valence-corrected chi connectivity index (χ0v) is 10.1. The maximum atomic E-state index is 10.9. The van der Waals surface area contributed by atoms with Crippen LogP contribution in [0.3, 0.4) is 0 Å². The zero-order valence-electron chi connectivity index (χ0n) is 8.47. The molecule has 0 spiro atoms. The topological polar surface area (TPSA) is 38.3 Å². The Labute approximate surface area is 88.4 Å². The van der Waals surface area contributed by atoms with Gasteiger partial charge < -0.3 is 10.1 Å². The number of carbonyl (C=O) groups is 1. The molecule has 0 amide bonds. The number of esters is 1. The lowest BCUT2D eigenvalue weighted by molar-refractivity contribution is -0.139. The highest BCUT2D eigenvalue weighted by Crippen LogP contribution is 2.01. The van der Waals surface area contributed by atoms with Crippen molar-refractivity contribution in [2.75, 3.05) is 20.2 Å². The number of alkyl halides is 1. The molecule has 0 aliphatic rings. The Morgan fingerprint density at radius 1 is 1.54 bits per heavy atom. The van der Waals surface area contributed by atoms with Gasteiger partial charge in [0.15, 0.2) is 0 Å². The van der Waals surface area contributed by atoms with Crippen molar-refractivity contribution in [3.8, 4) is 0 Å². The van der Waals surface area contributed by atoms with Crippen molar-refractivity contribution in [2.24, 2.45) is 5.92 Å². The molecule has 2 atom stereocenters. The Morgan fingerprint density at radius 3 is 2.62 bits per heavy atom. The van der Waals surface area contributed by atoms with Crippen LogP contribution in [0.25, 0.3) is 0 Å². The minimum absolute atomic E-state index is 0.225. The molecule has 0 rings (SSSR count). The summed E-state index contributed by atoms with van der Waals surface area (Å²) in [6, 6.07) is 0. The van der Waals surface area contributed by atoms with Crippen molar-refractivity contribution in [1.82, 2.24) is 5.32 Å². The number of halogens is 1. The summed E-state index contributed by atoms with van der Waals surface area (Å²) < 4.78 is 4.57. The van der Waals surface area contributed by atoms with Gasteiger partial charge in [-0.25, -0.2) is 0 Å². The van der Waals surface area contributed by atoms with Gasteiger partial charge in [-0.2, -0.15) is 0 Å². The van der Waals surface area contributed by atoms with Crippen LogP contribution in [0.5, 0.6) is 0 Å². The fourth-order valence-electron chi connectivity index (χ4n) is 0.812. The van der Waals surface area contributed by atoms with Crippen LogP contribution in [0, 0.1) is 5.92 Å². The molecule has 0 aromatic heterocycles. The van der Waals surface area contributed by atoms with Gasteiger partial charge in [0.2, 0.25) is 0 Å². The molecule has 4 heteroatoms. The minimum atomic E-state index is -0.235. The van der Waals surface area contributed by atoms with E-state index in [0.29, 0.717) is 12.5 Å². The van der Waals surface area contributed by atoms with Crippen molar-refractivity contribution in [2.45, 2.75) is 25.1 Å². The van der Waals surface area contributed by atoms with Crippen molar-refractivity contribution < 1.29 is 9.53 Å². The maximum Gasteiger partial charge on any atom is 0.320 e. The molecular weight excluding hydrogens is 234 g/mol. The summed E-state index contributed by atoms with van der Waals surface area (Å²) in [7, 11) is 1.39. The van der Waals surface area contributed by atoms with Gasteiger partial charge in [-0.05, 0) is 12.5 Å². The van der Waals surface area contributed by atoms with Gasteiger partial charge in [0.1, 0.15) is 4.83 Å². The summed E-state index contributed by atoms with van der Waals surface area (Å²) in [5.41, 5.74) is 0. The normalized spacial score (nSPS) is 15.1. The van der Waals surface area contributed by atoms with E-state index in [4.69, 9.17) is 0 Å². The van der Waals surface area contributed by atoms with E-state index in [2.05, 4.69) is 39.8 Å². The van der Waals surface area contributed by atoms with E-state index in [1.165, 1.54) is 7.11 Å². The summed E-state index contributed by atoms with van der Waals surface area (Å²) in [6.45, 7) is 5.89. The third-order valence-corrected chi connectivity index (χ3v) is 2.67. The van der Waals surface area contributed by atoms with Crippen LogP contribution in [-0.2, 0) is 9.53 Å². The monoisotopic (exact) mass is 251 g/mol. The van der Waals surface area contributed by atoms with Crippen LogP contribution >= 0.6 is 15.9 Å². The molecule has 0 radical (unpaired) electrons. The molecule has 0 saturated heterocycles. The van der Waals surface area contributed by atoms with Crippen LogP contribution in [-0.4, -0.2) is 31.0 Å². The van der Waals surface area contributed by atoms with E-state index in [1.54, 1.807) is 0 Å². The first-order valence-corrected chi connectivity index (χ1v) is 5.46. The highest BCUT2D eigenvalue weighted by atomic mass is 79.9. The molecule has 0 aromatic carbocycles. The molecular formula is C9H18BrNO2. The molecule has 3 nitrogen and oxygen atoms in total. The Morgan fingerprint density at radius 2 is 2.15 bits per heavy atom. The average Bonchev–Trinajstić information content (AvgIpc) is 2.15. The molecule has 13 heavy (non-hydrogen) atoms. The SMILES string of the molecule is CCC(C)CNCC(Br)C(=O)OC. The minimum Gasteiger partial charge on any atom is -0.468 e. The van der Waals surface area contributed by atoms with Crippen LogP contribution < -0.4 is 5.32 Å². The summed E-state index contributed by atoms with van der Waals surface area (Å²) >= 11 is 3.24. The van der Waals surface area contributed by atoms with Gasteiger partial charge in [0, 0.05) is 6.54 Å². The maximum absolute atomic E-state index is 10.9. The van der Waals surface area contributed by atoms with Crippen LogP contribution in [0.1, 0.15) is 20.3 Å². The Balaban J connectivity index is 3.47. The summed E-state index contributed by atoms with van der Waals surface area (Å²) in [4.78, 5) is 10.7. The summed E-state index contributed by atoms with van der Waals surface area (Å²) in [5, 5.41) is 3.20. The van der Waals surface area contributed by atoms with Crippen LogP contribution in [0.2, 0.25) is 0 Å². The van der Waals surface area contributed by atoms with E-state index in [-0.39, 0.29) is 10.8 Å². The van der Waals surface area contributed by atoms with Crippen molar-refractivity contribution in [3.05, 3.63) is 0 Å². The lowest BCUT2D eigenvalue weighted by Gasteiger charge is -2.12. The standard InChI is InChI=1S/C9H18BrNO2/c1-4-7(2)5-11-6-8(10)9(12)13-3/h7-8,11H,4-6H2,1-3H3. The Kier molecular flexibility index (Phi) is 7.28. The number of carbonyl (C=O) groups excluding carboxylic acids is 1. The first kappa shape index (κ1) is 12.9. The predicted molar refractivity (Wildman–Crippen MR) is 57.1 cm³/mol. The highest BCUT2D eigenvalue weighted by molar-refractivity contribution is 9.10. The van der Waals surface area contributed by atoms with E-state index < -0.39 is 0 Å². The second-order valence-electron chi connectivity index (χ2n) is 3.16. The average molecular weight is 252 g/mol. The van der Waals surface area contributed by atoms with Crippen LogP contribution in [0.4, 0.5) is 0 Å². The molecule has 2 unspecified atom stereocenters. The highest BCUT2D eigenvalue weighted by Gasteiger charge is 2.14. The molecule has 0 aromatic rings. The first-order chi connectivity index (χ1) is 6.11. The number of hydrogen-bond acceptors (Lipinski definition) is 3. The van der Waals surface area contributed by atoms with Crippen molar-refractivity contribution in [1.29, 1.82) is 0 Å². The molecule has 1 N–H and O–H groups in total. The van der Waals surface area contributed by atoms with E-state index >= 15 is 0 Å². The van der Waals surface area contributed by atoms with Crippen LogP contribution in [0.15, 0.2) is 0 Å². The second kappa shape index (κ2) is 7.33. The van der Waals surface area contributed by atoms with E-state index in [9.17, 15) is 4.79 Å². The lowest BCUT2D eigenvalue weighted by Crippen LogP contribution is -2.32. The van der Waals surface area contributed by atoms with Gasteiger partial charge >= 0.3 is 5.97 Å². The third-order valence-electron chi connectivity index (χ3n) is 1.97. The smallest absolute Gasteiger partial charge is 0.320 e.